The number of carbonyl (C=O) groups excluding carboxylic acids is 2. The van der Waals surface area contributed by atoms with Crippen molar-refractivity contribution in [2.75, 3.05) is 25.6 Å². The summed E-state index contributed by atoms with van der Waals surface area (Å²) >= 11 is 0. The fourth-order valence-corrected chi connectivity index (χ4v) is 6.67. The molecule has 2 amide bonds. The molecule has 1 saturated heterocycles. The zero-order valence-electron chi connectivity index (χ0n) is 22.9. The normalized spacial score (nSPS) is 26.1. The first kappa shape index (κ1) is 30.8. The Morgan fingerprint density at radius 3 is 2.42 bits per heavy atom. The Morgan fingerprint density at radius 2 is 1.77 bits per heavy atom. The molecule has 3 fully saturated rings. The maximum atomic E-state index is 13.7. The van der Waals surface area contributed by atoms with Crippen molar-refractivity contribution in [2.45, 2.75) is 50.0 Å². The summed E-state index contributed by atoms with van der Waals surface area (Å²) in [5.41, 5.74) is -0.759. The third-order valence-corrected chi connectivity index (χ3v) is 8.53. The van der Waals surface area contributed by atoms with Crippen LogP contribution in [0.3, 0.4) is 0 Å². The third kappa shape index (κ3) is 6.66. The molecular weight excluding hydrogens is 585 g/mol. The number of hydrogen-bond donors (Lipinski definition) is 2. The lowest BCUT2D eigenvalue weighted by Crippen LogP contribution is -2.45. The second kappa shape index (κ2) is 11.8. The van der Waals surface area contributed by atoms with Crippen molar-refractivity contribution in [3.63, 3.8) is 0 Å². The molecular formula is C30H29F7N2O4. The van der Waals surface area contributed by atoms with E-state index in [2.05, 4.69) is 10.6 Å². The summed E-state index contributed by atoms with van der Waals surface area (Å²) in [4.78, 5) is 26.6. The van der Waals surface area contributed by atoms with Crippen molar-refractivity contribution in [3.05, 3.63) is 70.6 Å². The molecule has 2 N–H and O–H groups in total. The van der Waals surface area contributed by atoms with Crippen LogP contribution in [-0.2, 0) is 15.7 Å². The Hall–Kier alpha value is -3.61. The molecule has 2 aliphatic carbocycles. The zero-order valence-corrected chi connectivity index (χ0v) is 22.9. The molecule has 13 heteroatoms. The number of carbonyl (C=O) groups is 2. The number of allylic oxidation sites excluding steroid dienone is 1. The van der Waals surface area contributed by atoms with Crippen LogP contribution in [-0.4, -0.2) is 44.4 Å². The SMILES string of the molecule is COc1ccc(C2CCOC2)cc1C(=O)N[C@@H]1[C@@H](CC(=O)Nc2ccc(F)c(C(F)(F)F)c2)[C@H]2CC[C@@H]1/C2=C\C(F)(F)F. The number of amides is 2. The van der Waals surface area contributed by atoms with Gasteiger partial charge in [-0.25, -0.2) is 4.39 Å². The van der Waals surface area contributed by atoms with E-state index in [1.807, 2.05) is 6.07 Å². The highest BCUT2D eigenvalue weighted by atomic mass is 19.4. The fraction of sp³-hybridized carbons (Fsp3) is 0.467. The van der Waals surface area contributed by atoms with Gasteiger partial charge in [0.25, 0.3) is 5.91 Å². The van der Waals surface area contributed by atoms with Gasteiger partial charge in [0.05, 0.1) is 24.8 Å². The predicted octanol–water partition coefficient (Wildman–Crippen LogP) is 6.63. The van der Waals surface area contributed by atoms with Crippen LogP contribution in [0.5, 0.6) is 5.75 Å². The molecule has 6 nitrogen and oxygen atoms in total. The van der Waals surface area contributed by atoms with Gasteiger partial charge in [-0.3, -0.25) is 9.59 Å². The van der Waals surface area contributed by atoms with Crippen LogP contribution in [0.25, 0.3) is 0 Å². The number of alkyl halides is 6. The summed E-state index contributed by atoms with van der Waals surface area (Å²) < 4.78 is 104. The molecule has 0 aromatic heterocycles. The van der Waals surface area contributed by atoms with Crippen molar-refractivity contribution in [3.8, 4) is 5.75 Å². The molecule has 3 aliphatic rings. The predicted molar refractivity (Wildman–Crippen MR) is 141 cm³/mol. The number of halogens is 7. The first-order valence-corrected chi connectivity index (χ1v) is 13.8. The Labute approximate surface area is 242 Å². The number of methoxy groups -OCH3 is 1. The molecule has 2 bridgehead atoms. The highest BCUT2D eigenvalue weighted by Crippen LogP contribution is 2.54. The Balaban J connectivity index is 1.40. The molecule has 5 atom stereocenters. The van der Waals surface area contributed by atoms with Gasteiger partial charge < -0.3 is 20.1 Å². The van der Waals surface area contributed by atoms with E-state index in [0.717, 1.165) is 18.1 Å². The van der Waals surface area contributed by atoms with E-state index in [1.165, 1.54) is 7.11 Å². The van der Waals surface area contributed by atoms with Gasteiger partial charge in [-0.2, -0.15) is 26.3 Å². The zero-order chi connectivity index (χ0) is 31.1. The van der Waals surface area contributed by atoms with Gasteiger partial charge in [0.15, 0.2) is 0 Å². The fourth-order valence-electron chi connectivity index (χ4n) is 6.67. The summed E-state index contributed by atoms with van der Waals surface area (Å²) in [5.74, 6) is -4.66. The molecule has 5 rings (SSSR count). The van der Waals surface area contributed by atoms with Crippen LogP contribution < -0.4 is 15.4 Å². The summed E-state index contributed by atoms with van der Waals surface area (Å²) in [7, 11) is 1.39. The van der Waals surface area contributed by atoms with Crippen LogP contribution in [0, 0.1) is 23.6 Å². The maximum absolute atomic E-state index is 13.7. The molecule has 1 aliphatic heterocycles. The standard InChI is InChI=1S/C30H29F7N2O4/c1-42-25-7-2-15(16-8-9-43-14-16)10-21(25)28(41)39-27-19-5-4-18(22(19)13-29(32,33)34)20(27)12-26(40)38-17-3-6-24(31)23(11-17)30(35,36)37/h2-3,6-7,10-11,13,16,18-20,27H,4-5,8-9,12,14H2,1H3,(H,38,40)(H,39,41)/b22-13-/t16?,18-,19-,20+,27+/m1/s1. The number of ether oxygens (including phenoxy) is 2. The molecule has 43 heavy (non-hydrogen) atoms. The van der Waals surface area contributed by atoms with Crippen LogP contribution >= 0.6 is 0 Å². The van der Waals surface area contributed by atoms with Gasteiger partial charge in [0.2, 0.25) is 5.91 Å². The van der Waals surface area contributed by atoms with Crippen LogP contribution in [0.4, 0.5) is 36.4 Å². The van der Waals surface area contributed by atoms with E-state index in [1.54, 1.807) is 12.1 Å². The number of hydrogen-bond acceptors (Lipinski definition) is 4. The minimum atomic E-state index is -4.99. The second-order valence-electron chi connectivity index (χ2n) is 11.1. The summed E-state index contributed by atoms with van der Waals surface area (Å²) in [6.45, 7) is 1.07. The molecule has 0 radical (unpaired) electrons. The Bertz CT molecular complexity index is 1420. The van der Waals surface area contributed by atoms with Crippen molar-refractivity contribution >= 4 is 17.5 Å². The van der Waals surface area contributed by atoms with Crippen LogP contribution in [0.15, 0.2) is 48.0 Å². The second-order valence-corrected chi connectivity index (χ2v) is 11.1. The molecule has 1 heterocycles. The monoisotopic (exact) mass is 614 g/mol. The minimum Gasteiger partial charge on any atom is -0.496 e. The van der Waals surface area contributed by atoms with Gasteiger partial charge in [-0.1, -0.05) is 11.6 Å². The summed E-state index contributed by atoms with van der Waals surface area (Å²) in [6.07, 6.45) is -8.29. The quantitative estimate of drug-likeness (QED) is 0.271. The number of benzene rings is 2. The van der Waals surface area contributed by atoms with Gasteiger partial charge in [0.1, 0.15) is 11.6 Å². The Morgan fingerprint density at radius 1 is 1.02 bits per heavy atom. The summed E-state index contributed by atoms with van der Waals surface area (Å²) in [5, 5.41) is 5.16. The van der Waals surface area contributed by atoms with E-state index in [0.29, 0.717) is 38.2 Å². The molecule has 0 spiro atoms. The van der Waals surface area contributed by atoms with Crippen molar-refractivity contribution in [1.29, 1.82) is 0 Å². The maximum Gasteiger partial charge on any atom is 0.419 e. The van der Waals surface area contributed by atoms with E-state index < -0.39 is 59.3 Å². The largest absolute Gasteiger partial charge is 0.496 e. The molecule has 2 aromatic rings. The Kier molecular flexibility index (Phi) is 8.47. The number of fused-ring (bicyclic) bond motifs is 2. The number of nitrogens with one attached hydrogen (secondary N) is 2. The first-order valence-electron chi connectivity index (χ1n) is 13.8. The van der Waals surface area contributed by atoms with E-state index >= 15 is 0 Å². The highest BCUT2D eigenvalue weighted by molar-refractivity contribution is 5.97. The van der Waals surface area contributed by atoms with Gasteiger partial charge in [0, 0.05) is 42.7 Å². The lowest BCUT2D eigenvalue weighted by Gasteiger charge is -2.31. The average molecular weight is 615 g/mol. The van der Waals surface area contributed by atoms with Crippen molar-refractivity contribution in [2.24, 2.45) is 17.8 Å². The van der Waals surface area contributed by atoms with E-state index in [9.17, 15) is 40.3 Å². The van der Waals surface area contributed by atoms with Gasteiger partial charge >= 0.3 is 12.4 Å². The van der Waals surface area contributed by atoms with Crippen molar-refractivity contribution in [1.82, 2.24) is 5.32 Å². The molecule has 2 aromatic carbocycles. The first-order chi connectivity index (χ1) is 20.2. The lowest BCUT2D eigenvalue weighted by atomic mass is 9.81. The van der Waals surface area contributed by atoms with Crippen LogP contribution in [0.1, 0.15) is 53.1 Å². The number of rotatable bonds is 7. The average Bonchev–Trinajstić information content (AvgIpc) is 3.65. The molecule has 2 saturated carbocycles. The molecule has 1 unspecified atom stereocenters. The highest BCUT2D eigenvalue weighted by Gasteiger charge is 2.53. The van der Waals surface area contributed by atoms with E-state index in [-0.39, 0.29) is 41.0 Å². The minimum absolute atomic E-state index is 0.0713. The lowest BCUT2D eigenvalue weighted by molar-refractivity contribution is -0.140. The van der Waals surface area contributed by atoms with Gasteiger partial charge in [-0.15, -0.1) is 0 Å². The smallest absolute Gasteiger partial charge is 0.419 e. The van der Waals surface area contributed by atoms with Crippen molar-refractivity contribution < 1.29 is 49.8 Å². The summed E-state index contributed by atoms with van der Waals surface area (Å²) in [6, 6.07) is 6.27. The van der Waals surface area contributed by atoms with Crippen LogP contribution in [0.2, 0.25) is 0 Å². The van der Waals surface area contributed by atoms with E-state index in [4.69, 9.17) is 9.47 Å². The molecule has 232 valence electrons. The topological polar surface area (TPSA) is 76.7 Å². The number of anilines is 1. The third-order valence-electron chi connectivity index (χ3n) is 8.53. The van der Waals surface area contributed by atoms with Gasteiger partial charge in [-0.05, 0) is 67.0 Å².